The minimum absolute atomic E-state index is 0.0608. The van der Waals surface area contributed by atoms with E-state index in [4.69, 9.17) is 4.74 Å². The summed E-state index contributed by atoms with van der Waals surface area (Å²) in [5.74, 6) is -0.809. The van der Waals surface area contributed by atoms with Crippen molar-refractivity contribution in [3.05, 3.63) is 29.6 Å². The second-order valence-electron chi connectivity index (χ2n) is 8.15. The summed E-state index contributed by atoms with van der Waals surface area (Å²) in [5, 5.41) is 10.3. The van der Waals surface area contributed by atoms with Gasteiger partial charge in [-0.15, -0.1) is 0 Å². The third kappa shape index (κ3) is 2.96. The highest BCUT2D eigenvalue weighted by Crippen LogP contribution is 2.46. The van der Waals surface area contributed by atoms with Crippen LogP contribution in [0.5, 0.6) is 5.75 Å². The summed E-state index contributed by atoms with van der Waals surface area (Å²) < 4.78 is 18.8. The van der Waals surface area contributed by atoms with Crippen molar-refractivity contribution in [3.8, 4) is 5.75 Å². The molecule has 0 bridgehead atoms. The summed E-state index contributed by atoms with van der Waals surface area (Å²) in [7, 11) is 1.39. The second kappa shape index (κ2) is 7.35. The maximum atomic E-state index is 13.9. The number of benzene rings is 1. The largest absolute Gasteiger partial charge is 0.494 e. The lowest BCUT2D eigenvalue weighted by Crippen LogP contribution is -2.77. The van der Waals surface area contributed by atoms with Crippen molar-refractivity contribution in [1.82, 2.24) is 9.80 Å². The van der Waals surface area contributed by atoms with E-state index in [0.717, 1.165) is 32.1 Å². The van der Waals surface area contributed by atoms with E-state index in [-0.39, 0.29) is 29.1 Å². The Morgan fingerprint density at radius 2 is 1.89 bits per heavy atom. The van der Waals surface area contributed by atoms with Crippen molar-refractivity contribution in [1.29, 1.82) is 0 Å². The monoisotopic (exact) mass is 390 g/mol. The molecule has 2 aliphatic heterocycles. The number of carbonyl (C=O) groups excluding carboxylic acids is 2. The molecule has 1 saturated carbocycles. The highest BCUT2D eigenvalue weighted by Gasteiger charge is 2.61. The Kier molecular flexibility index (Phi) is 5.04. The number of rotatable bonds is 3. The smallest absolute Gasteiger partial charge is 0.254 e. The second-order valence-corrected chi connectivity index (χ2v) is 8.15. The van der Waals surface area contributed by atoms with Gasteiger partial charge in [0.05, 0.1) is 12.6 Å². The van der Waals surface area contributed by atoms with Crippen molar-refractivity contribution >= 4 is 11.8 Å². The predicted molar refractivity (Wildman–Crippen MR) is 101 cm³/mol. The number of methoxy groups -OCH3 is 1. The van der Waals surface area contributed by atoms with Gasteiger partial charge in [-0.2, -0.15) is 0 Å². The quantitative estimate of drug-likeness (QED) is 0.805. The Bertz CT molecular complexity index is 770. The molecule has 0 aromatic heterocycles. The summed E-state index contributed by atoms with van der Waals surface area (Å²) in [4.78, 5) is 28.8. The molecule has 1 atom stereocenters. The number of hydrogen-bond donors (Lipinski definition) is 1. The Morgan fingerprint density at radius 3 is 2.50 bits per heavy atom. The van der Waals surface area contributed by atoms with E-state index < -0.39 is 11.9 Å². The average Bonchev–Trinajstić information content (AvgIpc) is 2.74. The summed E-state index contributed by atoms with van der Waals surface area (Å²) in [5.41, 5.74) is -0.0818. The van der Waals surface area contributed by atoms with E-state index in [9.17, 15) is 19.1 Å². The SMILES string of the molecule is COc1ccc(C(=O)N2CCC(N3C(=O)C(O)C34CCCCC4)CC2)cc1F. The lowest BCUT2D eigenvalue weighted by Gasteiger charge is -2.61. The maximum absolute atomic E-state index is 13.9. The van der Waals surface area contributed by atoms with E-state index in [1.807, 2.05) is 4.90 Å². The zero-order valence-electron chi connectivity index (χ0n) is 16.2. The van der Waals surface area contributed by atoms with Crippen LogP contribution in [0.25, 0.3) is 0 Å². The van der Waals surface area contributed by atoms with Gasteiger partial charge in [0.25, 0.3) is 11.8 Å². The lowest BCUT2D eigenvalue weighted by molar-refractivity contribution is -0.200. The van der Waals surface area contributed by atoms with Crippen LogP contribution in [0.2, 0.25) is 0 Å². The fourth-order valence-electron chi connectivity index (χ4n) is 5.18. The molecule has 1 aliphatic carbocycles. The molecular weight excluding hydrogens is 363 g/mol. The Labute approximate surface area is 164 Å². The third-order valence-electron chi connectivity index (χ3n) is 6.70. The molecule has 1 spiro atoms. The molecule has 1 aromatic carbocycles. The third-order valence-corrected chi connectivity index (χ3v) is 6.70. The summed E-state index contributed by atoms with van der Waals surface area (Å²) in [6.45, 7) is 1.04. The van der Waals surface area contributed by atoms with Gasteiger partial charge in [-0.05, 0) is 43.9 Å². The topological polar surface area (TPSA) is 70.1 Å². The van der Waals surface area contributed by atoms with Crippen molar-refractivity contribution in [3.63, 3.8) is 0 Å². The zero-order chi connectivity index (χ0) is 19.9. The number of β-lactam (4-membered cyclic amide) rings is 1. The van der Waals surface area contributed by atoms with Crippen molar-refractivity contribution in [2.75, 3.05) is 20.2 Å². The number of aliphatic hydroxyl groups is 1. The van der Waals surface area contributed by atoms with Crippen LogP contribution >= 0.6 is 0 Å². The summed E-state index contributed by atoms with van der Waals surface area (Å²) >= 11 is 0. The van der Waals surface area contributed by atoms with Crippen LogP contribution in [0.4, 0.5) is 4.39 Å². The van der Waals surface area contributed by atoms with E-state index in [0.29, 0.717) is 31.5 Å². The fraction of sp³-hybridized carbons (Fsp3) is 0.619. The lowest BCUT2D eigenvalue weighted by atomic mass is 9.68. The first kappa shape index (κ1) is 19.2. The minimum atomic E-state index is -0.866. The molecule has 6 nitrogen and oxygen atoms in total. The molecule has 152 valence electrons. The highest BCUT2D eigenvalue weighted by molar-refractivity contribution is 5.94. The van der Waals surface area contributed by atoms with Crippen molar-refractivity contribution in [2.24, 2.45) is 0 Å². The molecule has 1 unspecified atom stereocenters. The van der Waals surface area contributed by atoms with Gasteiger partial charge in [-0.25, -0.2) is 4.39 Å². The van der Waals surface area contributed by atoms with Gasteiger partial charge in [-0.3, -0.25) is 9.59 Å². The molecule has 0 radical (unpaired) electrons. The first-order valence-electron chi connectivity index (χ1n) is 10.1. The number of halogens is 1. The number of aliphatic hydroxyl groups excluding tert-OH is 1. The first-order valence-corrected chi connectivity index (χ1v) is 10.1. The van der Waals surface area contributed by atoms with Crippen LogP contribution in [0.15, 0.2) is 18.2 Å². The Hall–Kier alpha value is -2.15. The molecule has 2 amide bonds. The van der Waals surface area contributed by atoms with Gasteiger partial charge < -0.3 is 19.6 Å². The predicted octanol–water partition coefficient (Wildman–Crippen LogP) is 2.34. The normalized spacial score (nSPS) is 25.0. The zero-order valence-corrected chi connectivity index (χ0v) is 16.2. The molecule has 28 heavy (non-hydrogen) atoms. The number of ether oxygens (including phenoxy) is 1. The van der Waals surface area contributed by atoms with Crippen LogP contribution in [0.1, 0.15) is 55.3 Å². The molecule has 7 heteroatoms. The van der Waals surface area contributed by atoms with E-state index >= 15 is 0 Å². The molecular formula is C21H27FN2O4. The van der Waals surface area contributed by atoms with Gasteiger partial charge in [0.1, 0.15) is 0 Å². The van der Waals surface area contributed by atoms with Gasteiger partial charge in [-0.1, -0.05) is 19.3 Å². The van der Waals surface area contributed by atoms with Gasteiger partial charge in [0, 0.05) is 24.7 Å². The van der Waals surface area contributed by atoms with E-state index in [1.165, 1.54) is 19.2 Å². The van der Waals surface area contributed by atoms with Gasteiger partial charge in [0.2, 0.25) is 0 Å². The minimum Gasteiger partial charge on any atom is -0.494 e. The van der Waals surface area contributed by atoms with Crippen LogP contribution in [-0.4, -0.2) is 64.6 Å². The molecule has 4 rings (SSSR count). The fourth-order valence-corrected chi connectivity index (χ4v) is 5.18. The number of likely N-dealkylation sites (tertiary alicyclic amines) is 2. The molecule has 2 heterocycles. The molecule has 3 fully saturated rings. The number of nitrogens with zero attached hydrogens (tertiary/aromatic N) is 2. The van der Waals surface area contributed by atoms with Crippen LogP contribution < -0.4 is 4.74 Å². The number of hydrogen-bond acceptors (Lipinski definition) is 4. The number of piperidine rings is 1. The van der Waals surface area contributed by atoms with Gasteiger partial charge >= 0.3 is 0 Å². The van der Waals surface area contributed by atoms with Crippen LogP contribution in [0, 0.1) is 5.82 Å². The van der Waals surface area contributed by atoms with Gasteiger partial charge in [0.15, 0.2) is 17.7 Å². The van der Waals surface area contributed by atoms with Crippen LogP contribution in [-0.2, 0) is 4.79 Å². The van der Waals surface area contributed by atoms with E-state index in [1.54, 1.807) is 11.0 Å². The molecule has 2 saturated heterocycles. The molecule has 1 N–H and O–H groups in total. The molecule has 3 aliphatic rings. The van der Waals surface area contributed by atoms with Crippen LogP contribution in [0.3, 0.4) is 0 Å². The number of amides is 2. The number of carbonyl (C=O) groups is 2. The highest BCUT2D eigenvalue weighted by atomic mass is 19.1. The average molecular weight is 390 g/mol. The standard InChI is InChI=1S/C21H27FN2O4/c1-28-17-6-5-14(13-16(17)22)19(26)23-11-7-15(8-12-23)24-20(27)18(25)21(24)9-3-2-4-10-21/h5-6,13,15,18,25H,2-4,7-12H2,1H3. The van der Waals surface area contributed by atoms with E-state index in [2.05, 4.69) is 0 Å². The van der Waals surface area contributed by atoms with Crippen molar-refractivity contribution < 1.29 is 23.8 Å². The Morgan fingerprint density at radius 1 is 1.21 bits per heavy atom. The summed E-state index contributed by atoms with van der Waals surface area (Å²) in [6, 6.07) is 4.30. The first-order chi connectivity index (χ1) is 13.5. The maximum Gasteiger partial charge on any atom is 0.254 e. The molecule has 1 aromatic rings. The van der Waals surface area contributed by atoms with Crippen molar-refractivity contribution in [2.45, 2.75) is 62.6 Å². The summed E-state index contributed by atoms with van der Waals surface area (Å²) in [6.07, 6.45) is 5.48. The Balaban J connectivity index is 1.41.